The lowest BCUT2D eigenvalue weighted by molar-refractivity contribution is 0.281. The van der Waals surface area contributed by atoms with Crippen molar-refractivity contribution in [3.63, 3.8) is 0 Å². The van der Waals surface area contributed by atoms with Gasteiger partial charge in [-0.3, -0.25) is 0 Å². The Kier molecular flexibility index (Phi) is 6.07. The summed E-state index contributed by atoms with van der Waals surface area (Å²) in [5.74, 6) is 2.97. The van der Waals surface area contributed by atoms with E-state index in [4.69, 9.17) is 0 Å². The van der Waals surface area contributed by atoms with Crippen molar-refractivity contribution in [2.75, 3.05) is 0 Å². The maximum absolute atomic E-state index is 9.50. The minimum atomic E-state index is -1.68. The van der Waals surface area contributed by atoms with Gasteiger partial charge in [-0.2, -0.15) is 0 Å². The Labute approximate surface area is 102 Å². The minimum Gasteiger partial charge on any atom is -0.377 e. The fourth-order valence-electron chi connectivity index (χ4n) is 2.69. The molecule has 0 aliphatic carbocycles. The zero-order valence-electron chi connectivity index (χ0n) is 11.5. The topological polar surface area (TPSA) is 20.2 Å². The molecule has 1 N–H and O–H groups in total. The smallest absolute Gasteiger partial charge is 0.146 e. The van der Waals surface area contributed by atoms with Crippen molar-refractivity contribution >= 4 is 8.07 Å². The van der Waals surface area contributed by atoms with Gasteiger partial charge >= 0.3 is 0 Å². The number of aliphatic hydroxyl groups is 1. The molecule has 0 aromatic rings. The molecule has 0 heterocycles. The third kappa shape index (κ3) is 3.23. The maximum Gasteiger partial charge on any atom is 0.146 e. The van der Waals surface area contributed by atoms with E-state index in [-0.39, 0.29) is 0 Å². The van der Waals surface area contributed by atoms with Gasteiger partial charge in [-0.1, -0.05) is 60.1 Å². The molecule has 0 aromatic carbocycles. The molecular formula is C14H26OSi. The lowest BCUT2D eigenvalue weighted by Gasteiger charge is -2.38. The summed E-state index contributed by atoms with van der Waals surface area (Å²) in [6.45, 7) is 17.1. The average Bonchev–Trinajstić information content (AvgIpc) is 2.16. The highest BCUT2D eigenvalue weighted by molar-refractivity contribution is 6.90. The average molecular weight is 238 g/mol. The van der Waals surface area contributed by atoms with Crippen LogP contribution >= 0.6 is 0 Å². The summed E-state index contributed by atoms with van der Waals surface area (Å²) in [6.07, 6.45) is 0.816. The van der Waals surface area contributed by atoms with Crippen molar-refractivity contribution < 1.29 is 5.11 Å². The fourth-order valence-corrected chi connectivity index (χ4v) is 7.95. The molecule has 1 unspecified atom stereocenters. The van der Waals surface area contributed by atoms with Gasteiger partial charge in [0, 0.05) is 0 Å². The Hall–Kier alpha value is -0.523. The monoisotopic (exact) mass is 238 g/mol. The largest absolute Gasteiger partial charge is 0.377 e. The minimum absolute atomic E-state index is 0.608. The standard InChI is InChI=1S/C14H26OSi/c1-8-14(15)9-10-16(11(2)3,12(4)5)13(6)7/h8,11-15H,1H2,2-7H3. The molecule has 1 atom stereocenters. The molecule has 2 heteroatoms. The third-order valence-electron chi connectivity index (χ3n) is 3.53. The van der Waals surface area contributed by atoms with Crippen molar-refractivity contribution in [3.8, 4) is 11.5 Å². The van der Waals surface area contributed by atoms with E-state index in [1.54, 1.807) is 0 Å². The molecule has 0 aliphatic rings. The van der Waals surface area contributed by atoms with Crippen LogP contribution in [0, 0.1) is 11.5 Å². The summed E-state index contributed by atoms with van der Waals surface area (Å²) >= 11 is 0. The first-order chi connectivity index (χ1) is 7.28. The van der Waals surface area contributed by atoms with Gasteiger partial charge in [0.2, 0.25) is 0 Å². The highest BCUT2D eigenvalue weighted by Crippen LogP contribution is 2.40. The van der Waals surface area contributed by atoms with E-state index in [0.717, 1.165) is 0 Å². The lowest BCUT2D eigenvalue weighted by Crippen LogP contribution is -2.43. The maximum atomic E-state index is 9.50. The van der Waals surface area contributed by atoms with Gasteiger partial charge in [0.15, 0.2) is 0 Å². The summed E-state index contributed by atoms with van der Waals surface area (Å²) in [6, 6.07) is 0. The zero-order chi connectivity index (χ0) is 12.9. The molecule has 0 saturated heterocycles. The van der Waals surface area contributed by atoms with Crippen LogP contribution in [0.2, 0.25) is 16.6 Å². The molecule has 0 aromatic heterocycles. The van der Waals surface area contributed by atoms with Gasteiger partial charge in [0.25, 0.3) is 0 Å². The molecule has 0 rings (SSSR count). The molecule has 0 amide bonds. The zero-order valence-corrected chi connectivity index (χ0v) is 12.5. The van der Waals surface area contributed by atoms with Crippen molar-refractivity contribution in [2.24, 2.45) is 0 Å². The first-order valence-corrected chi connectivity index (χ1v) is 8.35. The molecule has 0 fully saturated rings. The van der Waals surface area contributed by atoms with E-state index < -0.39 is 14.2 Å². The van der Waals surface area contributed by atoms with Crippen molar-refractivity contribution in [2.45, 2.75) is 64.3 Å². The lowest BCUT2D eigenvalue weighted by atomic mass is 10.4. The molecule has 0 aliphatic heterocycles. The fraction of sp³-hybridized carbons (Fsp3) is 0.714. The highest BCUT2D eigenvalue weighted by Gasteiger charge is 2.41. The van der Waals surface area contributed by atoms with E-state index in [9.17, 15) is 5.11 Å². The Morgan fingerprint density at radius 2 is 1.38 bits per heavy atom. The highest BCUT2D eigenvalue weighted by atomic mass is 28.3. The predicted molar refractivity (Wildman–Crippen MR) is 75.0 cm³/mol. The summed E-state index contributed by atoms with van der Waals surface area (Å²) in [5.41, 5.74) is 5.27. The first-order valence-electron chi connectivity index (χ1n) is 6.12. The molecule has 0 radical (unpaired) electrons. The van der Waals surface area contributed by atoms with Crippen LogP contribution in [0.4, 0.5) is 0 Å². The van der Waals surface area contributed by atoms with Crippen LogP contribution in [0.15, 0.2) is 12.7 Å². The molecular weight excluding hydrogens is 212 g/mol. The van der Waals surface area contributed by atoms with Crippen LogP contribution in [0.1, 0.15) is 41.5 Å². The number of hydrogen-bond donors (Lipinski definition) is 1. The van der Waals surface area contributed by atoms with Crippen LogP contribution in [-0.4, -0.2) is 19.3 Å². The second kappa shape index (κ2) is 6.27. The van der Waals surface area contributed by atoms with Gasteiger partial charge < -0.3 is 5.11 Å². The Balaban J connectivity index is 5.34. The van der Waals surface area contributed by atoms with E-state index in [1.807, 2.05) is 0 Å². The quantitative estimate of drug-likeness (QED) is 0.449. The molecule has 0 saturated carbocycles. The van der Waals surface area contributed by atoms with Gasteiger partial charge in [0.05, 0.1) is 0 Å². The van der Waals surface area contributed by atoms with Crippen LogP contribution in [0.25, 0.3) is 0 Å². The summed E-state index contributed by atoms with van der Waals surface area (Å²) in [5, 5.41) is 9.50. The number of aliphatic hydroxyl groups excluding tert-OH is 1. The molecule has 0 bridgehead atoms. The van der Waals surface area contributed by atoms with Gasteiger partial charge in [-0.15, -0.1) is 5.54 Å². The van der Waals surface area contributed by atoms with Crippen molar-refractivity contribution in [3.05, 3.63) is 12.7 Å². The van der Waals surface area contributed by atoms with E-state index >= 15 is 0 Å². The van der Waals surface area contributed by atoms with Crippen LogP contribution < -0.4 is 0 Å². The Bertz CT molecular complexity index is 259. The van der Waals surface area contributed by atoms with Crippen LogP contribution in [0.5, 0.6) is 0 Å². The van der Waals surface area contributed by atoms with E-state index in [0.29, 0.717) is 16.6 Å². The molecule has 1 nitrogen and oxygen atoms in total. The SMILES string of the molecule is C=CC(O)C#C[Si](C(C)C)(C(C)C)C(C)C. The van der Waals surface area contributed by atoms with Crippen LogP contribution in [0.3, 0.4) is 0 Å². The van der Waals surface area contributed by atoms with E-state index in [1.165, 1.54) is 6.08 Å². The van der Waals surface area contributed by atoms with Gasteiger partial charge in [-0.25, -0.2) is 0 Å². The van der Waals surface area contributed by atoms with Crippen molar-refractivity contribution in [1.29, 1.82) is 0 Å². The summed E-state index contributed by atoms with van der Waals surface area (Å²) in [7, 11) is -1.68. The Morgan fingerprint density at radius 1 is 1.00 bits per heavy atom. The van der Waals surface area contributed by atoms with Gasteiger partial charge in [0.1, 0.15) is 14.2 Å². The number of hydrogen-bond acceptors (Lipinski definition) is 1. The normalized spacial score (nSPS) is 13.9. The third-order valence-corrected chi connectivity index (χ3v) is 9.84. The van der Waals surface area contributed by atoms with E-state index in [2.05, 4.69) is 59.6 Å². The summed E-state index contributed by atoms with van der Waals surface area (Å²) in [4.78, 5) is 0. The van der Waals surface area contributed by atoms with Crippen LogP contribution in [-0.2, 0) is 0 Å². The molecule has 0 spiro atoms. The summed E-state index contributed by atoms with van der Waals surface area (Å²) < 4.78 is 0. The number of rotatable bonds is 4. The molecule has 92 valence electrons. The molecule has 16 heavy (non-hydrogen) atoms. The second-order valence-corrected chi connectivity index (χ2v) is 10.9. The Morgan fingerprint density at radius 3 is 1.62 bits per heavy atom. The predicted octanol–water partition coefficient (Wildman–Crippen LogP) is 3.75. The second-order valence-electron chi connectivity index (χ2n) is 5.35. The van der Waals surface area contributed by atoms with Gasteiger partial charge in [-0.05, 0) is 16.6 Å². The first kappa shape index (κ1) is 15.5. The van der Waals surface area contributed by atoms with Crippen molar-refractivity contribution in [1.82, 2.24) is 0 Å².